The Labute approximate surface area is 373 Å². The van der Waals surface area contributed by atoms with Crippen LogP contribution in [-0.2, 0) is 0 Å². The first-order chi connectivity index (χ1) is 31.8. The first kappa shape index (κ1) is 38.3. The van der Waals surface area contributed by atoms with Crippen LogP contribution in [-0.4, -0.2) is 6.61 Å². The van der Waals surface area contributed by atoms with Gasteiger partial charge >= 0.3 is 0 Å². The fraction of sp³-hybridized carbons (Fsp3) is 0.129. The van der Waals surface area contributed by atoms with Crippen molar-refractivity contribution in [3.63, 3.8) is 0 Å². The topological polar surface area (TPSA) is 22.4 Å². The van der Waals surface area contributed by atoms with Gasteiger partial charge in [0, 0.05) is 21.5 Å². The zero-order valence-corrected chi connectivity index (χ0v) is 36.2. The first-order valence-electron chi connectivity index (χ1n) is 23.1. The molecule has 0 saturated carbocycles. The molecule has 0 saturated heterocycles. The highest BCUT2D eigenvalue weighted by atomic mass is 16.5. The Morgan fingerprint density at radius 3 is 1.47 bits per heavy atom. The van der Waals surface area contributed by atoms with Gasteiger partial charge in [0.25, 0.3) is 0 Å². The van der Waals surface area contributed by atoms with Gasteiger partial charge < -0.3 is 9.15 Å². The van der Waals surface area contributed by atoms with Gasteiger partial charge in [-0.2, -0.15) is 0 Å². The Morgan fingerprint density at radius 2 is 0.859 bits per heavy atom. The Morgan fingerprint density at radius 1 is 0.359 bits per heavy atom. The van der Waals surface area contributed by atoms with Gasteiger partial charge in [0.2, 0.25) is 0 Å². The molecule has 2 nitrogen and oxygen atoms in total. The number of furan rings is 1. The Bertz CT molecular complexity index is 3640. The van der Waals surface area contributed by atoms with Crippen molar-refractivity contribution in [1.82, 2.24) is 0 Å². The lowest BCUT2D eigenvalue weighted by Crippen LogP contribution is -1.99. The summed E-state index contributed by atoms with van der Waals surface area (Å²) in [7, 11) is 0. The summed E-state index contributed by atoms with van der Waals surface area (Å²) in [4.78, 5) is 0. The van der Waals surface area contributed by atoms with Gasteiger partial charge in [-0.25, -0.2) is 0 Å². The van der Waals surface area contributed by atoms with Crippen molar-refractivity contribution < 1.29 is 9.15 Å². The lowest BCUT2D eigenvalue weighted by atomic mass is 9.80. The molecular weight excluding hydrogens is 777 g/mol. The molecule has 0 radical (unpaired) electrons. The number of hydrogen-bond acceptors (Lipinski definition) is 2. The van der Waals surface area contributed by atoms with E-state index in [4.69, 9.17) is 9.15 Å². The van der Waals surface area contributed by atoms with Gasteiger partial charge in [-0.1, -0.05) is 203 Å². The van der Waals surface area contributed by atoms with E-state index in [0.717, 1.165) is 51.5 Å². The van der Waals surface area contributed by atoms with Crippen molar-refractivity contribution in [3.8, 4) is 39.1 Å². The van der Waals surface area contributed by atoms with E-state index in [2.05, 4.69) is 195 Å². The predicted molar refractivity (Wildman–Crippen MR) is 274 cm³/mol. The van der Waals surface area contributed by atoms with Crippen molar-refractivity contribution in [2.24, 2.45) is 0 Å². The number of hydrogen-bond donors (Lipinski definition) is 0. The maximum Gasteiger partial charge on any atom is 0.143 e. The molecule has 0 bridgehead atoms. The van der Waals surface area contributed by atoms with Crippen LogP contribution in [0.5, 0.6) is 5.75 Å². The molecule has 308 valence electrons. The number of unbranched alkanes of at least 4 members (excludes halogenated alkanes) is 5. The first-order valence-corrected chi connectivity index (χ1v) is 23.1. The summed E-state index contributed by atoms with van der Waals surface area (Å²) in [5.41, 5.74) is 9.27. The highest BCUT2D eigenvalue weighted by Crippen LogP contribution is 2.51. The Hall–Kier alpha value is -7.42. The summed E-state index contributed by atoms with van der Waals surface area (Å²) in [6.45, 7) is 3.01. The predicted octanol–water partition coefficient (Wildman–Crippen LogP) is 18.2. The van der Waals surface area contributed by atoms with Crippen LogP contribution in [0.15, 0.2) is 192 Å². The van der Waals surface area contributed by atoms with E-state index in [9.17, 15) is 0 Å². The van der Waals surface area contributed by atoms with Crippen LogP contribution in [0.4, 0.5) is 0 Å². The SMILES string of the molecule is CCCCCCCCOc1ccc(-c2c3ccccc3c(-c3c4ccccc4c(-c4ccc5oc6c7ccccc7ccc6c5c4)c4ccccc34)c3ccccc23)c2ccccc12. The van der Waals surface area contributed by atoms with Crippen molar-refractivity contribution in [3.05, 3.63) is 188 Å². The zero-order chi connectivity index (χ0) is 42.6. The van der Waals surface area contributed by atoms with E-state index in [-0.39, 0.29) is 0 Å². The molecule has 0 N–H and O–H groups in total. The second-order valence-electron chi connectivity index (χ2n) is 17.4. The summed E-state index contributed by atoms with van der Waals surface area (Å²) in [6.07, 6.45) is 7.47. The molecule has 11 aromatic carbocycles. The summed E-state index contributed by atoms with van der Waals surface area (Å²) in [5, 5.41) is 16.9. The van der Waals surface area contributed by atoms with Crippen LogP contribution < -0.4 is 4.74 Å². The average molecular weight is 825 g/mol. The van der Waals surface area contributed by atoms with E-state index in [1.807, 2.05) is 0 Å². The molecule has 0 spiro atoms. The second kappa shape index (κ2) is 16.0. The molecule has 1 aromatic heterocycles. The van der Waals surface area contributed by atoms with Crippen molar-refractivity contribution >= 4 is 86.6 Å². The Balaban J connectivity index is 1.07. The smallest absolute Gasteiger partial charge is 0.143 e. The van der Waals surface area contributed by atoms with Gasteiger partial charge in [-0.05, 0) is 118 Å². The Kier molecular flexibility index (Phi) is 9.60. The lowest BCUT2D eigenvalue weighted by molar-refractivity contribution is 0.308. The standard InChI is InChI=1S/C62H48O2/c1-2-3-4-5-6-19-38-63-56-37-35-53(43-22-9-10-23-44(43)56)59-47-26-13-17-30-51(47)61(52-31-18-14-27-48(52)59)60-49-28-15-11-24-45(49)58(46-25-12-16-29-50(46)60)41-33-36-57-55(39-41)54-34-32-40-20-7-8-21-42(40)62(54)64-57/h7-18,20-37,39H,2-6,19,38H2,1H3. The van der Waals surface area contributed by atoms with Crippen LogP contribution in [0.2, 0.25) is 0 Å². The third-order valence-electron chi connectivity index (χ3n) is 13.7. The van der Waals surface area contributed by atoms with Crippen molar-refractivity contribution in [1.29, 1.82) is 0 Å². The number of ether oxygens (including phenoxy) is 1. The van der Waals surface area contributed by atoms with Gasteiger partial charge in [-0.3, -0.25) is 0 Å². The van der Waals surface area contributed by atoms with E-state index in [1.165, 1.54) is 119 Å². The zero-order valence-electron chi connectivity index (χ0n) is 36.2. The molecule has 0 atom stereocenters. The monoisotopic (exact) mass is 824 g/mol. The van der Waals surface area contributed by atoms with Crippen molar-refractivity contribution in [2.75, 3.05) is 6.61 Å². The molecule has 64 heavy (non-hydrogen) atoms. The molecular formula is C62H48O2. The summed E-state index contributed by atoms with van der Waals surface area (Å²) < 4.78 is 13.1. The fourth-order valence-corrected chi connectivity index (χ4v) is 10.7. The minimum Gasteiger partial charge on any atom is -0.493 e. The van der Waals surface area contributed by atoms with Gasteiger partial charge in [0.15, 0.2) is 0 Å². The second-order valence-corrected chi connectivity index (χ2v) is 17.4. The summed E-state index contributed by atoms with van der Waals surface area (Å²) >= 11 is 0. The molecule has 0 unspecified atom stereocenters. The molecule has 1 heterocycles. The molecule has 0 fully saturated rings. The van der Waals surface area contributed by atoms with E-state index >= 15 is 0 Å². The highest BCUT2D eigenvalue weighted by Gasteiger charge is 2.24. The van der Waals surface area contributed by atoms with Crippen LogP contribution >= 0.6 is 0 Å². The molecule has 0 amide bonds. The normalized spacial score (nSPS) is 12.0. The van der Waals surface area contributed by atoms with Gasteiger partial charge in [0.1, 0.15) is 16.9 Å². The minimum atomic E-state index is 0.739. The van der Waals surface area contributed by atoms with E-state index in [0.29, 0.717) is 0 Å². The number of rotatable bonds is 11. The third-order valence-corrected chi connectivity index (χ3v) is 13.7. The van der Waals surface area contributed by atoms with Gasteiger partial charge in [0.05, 0.1) is 6.61 Å². The molecule has 0 aliphatic heterocycles. The van der Waals surface area contributed by atoms with Crippen LogP contribution in [0.1, 0.15) is 45.4 Å². The van der Waals surface area contributed by atoms with Crippen LogP contribution in [0, 0.1) is 0 Å². The third kappa shape index (κ3) is 6.23. The fourth-order valence-electron chi connectivity index (χ4n) is 10.7. The van der Waals surface area contributed by atoms with E-state index in [1.54, 1.807) is 0 Å². The number of benzene rings is 11. The minimum absolute atomic E-state index is 0.739. The highest BCUT2D eigenvalue weighted by molar-refractivity contribution is 6.31. The largest absolute Gasteiger partial charge is 0.493 e. The number of fused-ring (bicyclic) bond motifs is 10. The average Bonchev–Trinajstić information content (AvgIpc) is 3.73. The quantitative estimate of drug-likeness (QED) is 0.0958. The molecule has 12 rings (SSSR count). The maximum atomic E-state index is 6.59. The van der Waals surface area contributed by atoms with Crippen LogP contribution in [0.25, 0.3) is 120 Å². The summed E-state index contributed by atoms with van der Waals surface area (Å²) in [6, 6.07) is 69.1. The molecule has 12 aromatic rings. The maximum absolute atomic E-state index is 6.59. The molecule has 0 aliphatic carbocycles. The van der Waals surface area contributed by atoms with Crippen LogP contribution in [0.3, 0.4) is 0 Å². The lowest BCUT2D eigenvalue weighted by Gasteiger charge is -2.23. The van der Waals surface area contributed by atoms with E-state index < -0.39 is 0 Å². The van der Waals surface area contributed by atoms with Gasteiger partial charge in [-0.15, -0.1) is 0 Å². The molecule has 0 aliphatic rings. The molecule has 2 heteroatoms. The van der Waals surface area contributed by atoms with Crippen molar-refractivity contribution in [2.45, 2.75) is 45.4 Å². The summed E-state index contributed by atoms with van der Waals surface area (Å²) in [5.74, 6) is 0.963.